The maximum Gasteiger partial charge on any atom is 0.279 e. The van der Waals surface area contributed by atoms with E-state index in [4.69, 9.17) is 9.47 Å². The number of benzene rings is 1. The first-order valence-electron chi connectivity index (χ1n) is 8.61. The van der Waals surface area contributed by atoms with Crippen LogP contribution in [-0.2, 0) is 28.0 Å². The fourth-order valence-corrected chi connectivity index (χ4v) is 5.09. The van der Waals surface area contributed by atoms with Crippen LogP contribution in [0.2, 0.25) is 0 Å². The standard InChI is InChI=1S/C17H25FN2O4S/c1-12-5-13(2)9-20(8-12)25(21,22)19-4-3-14-6-16(18)7-15-10-23-11-24-17(14)15/h6-7,12-13,19H,3-5,8-11H2,1-2H3. The highest BCUT2D eigenvalue weighted by molar-refractivity contribution is 7.87. The Morgan fingerprint density at radius 1 is 1.28 bits per heavy atom. The van der Waals surface area contributed by atoms with E-state index in [0.717, 1.165) is 6.42 Å². The molecule has 140 valence electrons. The number of nitrogens with one attached hydrogen (secondary N) is 1. The number of hydrogen-bond acceptors (Lipinski definition) is 4. The Bertz CT molecular complexity index is 716. The Balaban J connectivity index is 1.64. The largest absolute Gasteiger partial charge is 0.467 e. The van der Waals surface area contributed by atoms with Gasteiger partial charge >= 0.3 is 0 Å². The summed E-state index contributed by atoms with van der Waals surface area (Å²) in [7, 11) is -3.53. The van der Waals surface area contributed by atoms with Gasteiger partial charge in [0.15, 0.2) is 6.79 Å². The highest BCUT2D eigenvalue weighted by Crippen LogP contribution is 2.29. The third-order valence-corrected chi connectivity index (χ3v) is 6.15. The monoisotopic (exact) mass is 372 g/mol. The summed E-state index contributed by atoms with van der Waals surface area (Å²) in [5.41, 5.74) is 1.31. The lowest BCUT2D eigenvalue weighted by Gasteiger charge is -2.34. The third kappa shape index (κ3) is 4.49. The van der Waals surface area contributed by atoms with E-state index in [9.17, 15) is 12.8 Å². The van der Waals surface area contributed by atoms with E-state index < -0.39 is 10.2 Å². The smallest absolute Gasteiger partial charge is 0.279 e. The minimum Gasteiger partial charge on any atom is -0.467 e. The van der Waals surface area contributed by atoms with Gasteiger partial charge < -0.3 is 9.47 Å². The zero-order chi connectivity index (χ0) is 18.0. The molecule has 2 aliphatic heterocycles. The predicted octanol–water partition coefficient (Wildman–Crippen LogP) is 2.05. The Morgan fingerprint density at radius 2 is 2.00 bits per heavy atom. The molecule has 6 nitrogen and oxygen atoms in total. The maximum atomic E-state index is 13.7. The van der Waals surface area contributed by atoms with Crippen LogP contribution in [0.3, 0.4) is 0 Å². The van der Waals surface area contributed by atoms with Crippen LogP contribution in [0.5, 0.6) is 5.75 Å². The molecule has 1 saturated heterocycles. The first-order valence-corrected chi connectivity index (χ1v) is 10.1. The highest BCUT2D eigenvalue weighted by Gasteiger charge is 2.30. The van der Waals surface area contributed by atoms with Crippen LogP contribution in [0, 0.1) is 17.7 Å². The van der Waals surface area contributed by atoms with Gasteiger partial charge in [-0.1, -0.05) is 13.8 Å². The van der Waals surface area contributed by atoms with Crippen molar-refractivity contribution in [1.82, 2.24) is 9.03 Å². The van der Waals surface area contributed by atoms with Gasteiger partial charge in [0.25, 0.3) is 10.2 Å². The molecule has 0 aliphatic carbocycles. The Morgan fingerprint density at radius 3 is 2.72 bits per heavy atom. The summed E-state index contributed by atoms with van der Waals surface area (Å²) in [6.45, 7) is 5.83. The van der Waals surface area contributed by atoms with E-state index in [1.807, 2.05) is 0 Å². The van der Waals surface area contributed by atoms with Gasteiger partial charge in [-0.15, -0.1) is 0 Å². The minimum absolute atomic E-state index is 0.126. The normalized spacial score (nSPS) is 24.6. The average molecular weight is 372 g/mol. The number of halogens is 1. The number of hydrogen-bond donors (Lipinski definition) is 1. The molecule has 0 aromatic heterocycles. The van der Waals surface area contributed by atoms with Crippen LogP contribution in [-0.4, -0.2) is 39.2 Å². The molecule has 0 saturated carbocycles. The second kappa shape index (κ2) is 7.57. The predicted molar refractivity (Wildman–Crippen MR) is 91.8 cm³/mol. The number of ether oxygens (including phenoxy) is 2. The second-order valence-electron chi connectivity index (χ2n) is 7.08. The SMILES string of the molecule is CC1CC(C)CN(S(=O)(=O)NCCc2cc(F)cc3c2OCOC3)C1. The molecule has 1 N–H and O–H groups in total. The van der Waals surface area contributed by atoms with Crippen LogP contribution in [0.4, 0.5) is 4.39 Å². The number of fused-ring (bicyclic) bond motifs is 1. The van der Waals surface area contributed by atoms with E-state index in [-0.39, 0.29) is 19.2 Å². The zero-order valence-electron chi connectivity index (χ0n) is 14.6. The van der Waals surface area contributed by atoms with Crippen molar-refractivity contribution in [3.8, 4) is 5.75 Å². The van der Waals surface area contributed by atoms with E-state index in [2.05, 4.69) is 18.6 Å². The van der Waals surface area contributed by atoms with Crippen LogP contribution in [0.15, 0.2) is 12.1 Å². The van der Waals surface area contributed by atoms with Crippen LogP contribution in [0.25, 0.3) is 0 Å². The lowest BCUT2D eigenvalue weighted by atomic mass is 9.94. The summed E-state index contributed by atoms with van der Waals surface area (Å²) in [5, 5.41) is 0. The van der Waals surface area contributed by atoms with Gasteiger partial charge in [0.05, 0.1) is 6.61 Å². The highest BCUT2D eigenvalue weighted by atomic mass is 32.2. The van der Waals surface area contributed by atoms with Crippen molar-refractivity contribution in [1.29, 1.82) is 0 Å². The van der Waals surface area contributed by atoms with Gasteiger partial charge in [0.2, 0.25) is 0 Å². The Labute approximate surface area is 148 Å². The fraction of sp³-hybridized carbons (Fsp3) is 0.647. The molecule has 2 aliphatic rings. The lowest BCUT2D eigenvalue weighted by Crippen LogP contribution is -2.48. The van der Waals surface area contributed by atoms with Crippen molar-refractivity contribution < 1.29 is 22.3 Å². The van der Waals surface area contributed by atoms with Crippen LogP contribution < -0.4 is 9.46 Å². The zero-order valence-corrected chi connectivity index (χ0v) is 15.4. The maximum absolute atomic E-state index is 13.7. The molecule has 1 fully saturated rings. The third-order valence-electron chi connectivity index (χ3n) is 4.61. The number of nitrogens with zero attached hydrogens (tertiary/aromatic N) is 1. The molecule has 3 rings (SSSR count). The van der Waals surface area contributed by atoms with Gasteiger partial charge in [0, 0.05) is 25.2 Å². The average Bonchev–Trinajstić information content (AvgIpc) is 2.53. The molecule has 8 heteroatoms. The van der Waals surface area contributed by atoms with E-state index in [0.29, 0.717) is 54.8 Å². The number of rotatable bonds is 5. The van der Waals surface area contributed by atoms with Crippen molar-refractivity contribution in [2.45, 2.75) is 33.3 Å². The molecule has 0 amide bonds. The second-order valence-corrected chi connectivity index (χ2v) is 8.83. The molecule has 1 aromatic carbocycles. The molecular weight excluding hydrogens is 347 g/mol. The van der Waals surface area contributed by atoms with Crippen molar-refractivity contribution in [2.75, 3.05) is 26.4 Å². The van der Waals surface area contributed by atoms with Crippen LogP contribution >= 0.6 is 0 Å². The summed E-state index contributed by atoms with van der Waals surface area (Å²) in [6.07, 6.45) is 1.40. The van der Waals surface area contributed by atoms with E-state index in [1.54, 1.807) is 0 Å². The van der Waals surface area contributed by atoms with E-state index >= 15 is 0 Å². The van der Waals surface area contributed by atoms with Crippen molar-refractivity contribution in [3.05, 3.63) is 29.1 Å². The summed E-state index contributed by atoms with van der Waals surface area (Å²) in [5.74, 6) is 0.935. The molecule has 25 heavy (non-hydrogen) atoms. The topological polar surface area (TPSA) is 67.9 Å². The molecule has 0 radical (unpaired) electrons. The number of piperidine rings is 1. The summed E-state index contributed by atoms with van der Waals surface area (Å²) < 4.78 is 53.5. The minimum atomic E-state index is -3.53. The van der Waals surface area contributed by atoms with Crippen molar-refractivity contribution in [2.24, 2.45) is 11.8 Å². The first-order chi connectivity index (χ1) is 11.8. The van der Waals surface area contributed by atoms with Crippen molar-refractivity contribution >= 4 is 10.2 Å². The summed E-state index contributed by atoms with van der Waals surface area (Å²) >= 11 is 0. The van der Waals surface area contributed by atoms with Gasteiger partial charge in [-0.25, -0.2) is 9.11 Å². The molecule has 2 heterocycles. The molecule has 0 bridgehead atoms. The Hall–Kier alpha value is -1.22. The van der Waals surface area contributed by atoms with E-state index in [1.165, 1.54) is 16.4 Å². The van der Waals surface area contributed by atoms with Crippen LogP contribution in [0.1, 0.15) is 31.4 Å². The molecule has 0 spiro atoms. The molecule has 2 unspecified atom stereocenters. The molecule has 2 atom stereocenters. The summed E-state index contributed by atoms with van der Waals surface area (Å²) in [6, 6.07) is 2.78. The van der Waals surface area contributed by atoms with Gasteiger partial charge in [-0.3, -0.25) is 0 Å². The van der Waals surface area contributed by atoms with Gasteiger partial charge in [0.1, 0.15) is 11.6 Å². The first kappa shape index (κ1) is 18.6. The molecular formula is C17H25FN2O4S. The molecule has 1 aromatic rings. The van der Waals surface area contributed by atoms with Crippen molar-refractivity contribution in [3.63, 3.8) is 0 Å². The van der Waals surface area contributed by atoms with Gasteiger partial charge in [-0.2, -0.15) is 12.7 Å². The Kier molecular flexibility index (Phi) is 5.62. The summed E-state index contributed by atoms with van der Waals surface area (Å²) in [4.78, 5) is 0. The van der Waals surface area contributed by atoms with Gasteiger partial charge in [-0.05, 0) is 42.4 Å². The quantitative estimate of drug-likeness (QED) is 0.859. The fourth-order valence-electron chi connectivity index (χ4n) is 3.65. The lowest BCUT2D eigenvalue weighted by molar-refractivity contribution is -0.0172.